The molecule has 0 aliphatic rings. The van der Waals surface area contributed by atoms with Crippen LogP contribution in [0, 0.1) is 17.1 Å². The average Bonchev–Trinajstić information content (AvgIpc) is 2.72. The van der Waals surface area contributed by atoms with E-state index in [9.17, 15) is 18.1 Å². The molecule has 0 N–H and O–H groups in total. The zero-order chi connectivity index (χ0) is 20.9. The van der Waals surface area contributed by atoms with Crippen molar-refractivity contribution in [2.24, 2.45) is 0 Å². The molecule has 0 atom stereocenters. The van der Waals surface area contributed by atoms with Crippen molar-refractivity contribution in [2.45, 2.75) is 11.5 Å². The number of ether oxygens (including phenoxy) is 1. The van der Waals surface area contributed by atoms with Gasteiger partial charge in [0.15, 0.2) is 0 Å². The zero-order valence-corrected chi connectivity index (χ0v) is 16.6. The minimum absolute atomic E-state index is 0.0383. The van der Waals surface area contributed by atoms with Crippen LogP contribution in [0.2, 0.25) is 5.02 Å². The first-order valence-electron chi connectivity index (χ1n) is 8.49. The van der Waals surface area contributed by atoms with Gasteiger partial charge in [-0.3, -0.25) is 0 Å². The van der Waals surface area contributed by atoms with Crippen LogP contribution in [0.25, 0.3) is 6.08 Å². The molecule has 3 rings (SSSR count). The van der Waals surface area contributed by atoms with Crippen molar-refractivity contribution in [1.82, 2.24) is 0 Å². The van der Waals surface area contributed by atoms with Crippen LogP contribution in [0.5, 0.6) is 5.75 Å². The Morgan fingerprint density at radius 3 is 2.38 bits per heavy atom. The summed E-state index contributed by atoms with van der Waals surface area (Å²) in [5.74, 6) is -0.0710. The second-order valence-corrected chi connectivity index (χ2v) is 8.35. The zero-order valence-electron chi connectivity index (χ0n) is 15.0. The van der Waals surface area contributed by atoms with Crippen LogP contribution >= 0.6 is 11.6 Å². The Labute approximate surface area is 173 Å². The highest BCUT2D eigenvalue weighted by Crippen LogP contribution is 2.27. The highest BCUT2D eigenvalue weighted by Gasteiger charge is 2.21. The Bertz CT molecular complexity index is 1200. The first-order valence-corrected chi connectivity index (χ1v) is 10.4. The Balaban J connectivity index is 1.93. The molecule has 3 aromatic carbocycles. The summed E-state index contributed by atoms with van der Waals surface area (Å²) in [5, 5.41) is 9.85. The van der Waals surface area contributed by atoms with Crippen LogP contribution in [0.3, 0.4) is 0 Å². The third-order valence-electron chi connectivity index (χ3n) is 4.07. The molecule has 0 amide bonds. The van der Waals surface area contributed by atoms with Crippen LogP contribution in [0.4, 0.5) is 4.39 Å². The van der Waals surface area contributed by atoms with E-state index >= 15 is 0 Å². The average molecular weight is 428 g/mol. The van der Waals surface area contributed by atoms with Crippen molar-refractivity contribution in [3.8, 4) is 11.8 Å². The molecular formula is C22H15ClFNO3S. The lowest BCUT2D eigenvalue weighted by atomic mass is 10.2. The maximum absolute atomic E-state index is 13.8. The molecule has 3 aromatic rings. The molecule has 0 spiro atoms. The van der Waals surface area contributed by atoms with Crippen molar-refractivity contribution in [3.63, 3.8) is 0 Å². The highest BCUT2D eigenvalue weighted by molar-refractivity contribution is 7.95. The van der Waals surface area contributed by atoms with Gasteiger partial charge < -0.3 is 4.74 Å². The molecule has 0 fully saturated rings. The number of nitriles is 1. The van der Waals surface area contributed by atoms with Crippen molar-refractivity contribution in [1.29, 1.82) is 5.26 Å². The first kappa shape index (κ1) is 20.6. The normalized spacial score (nSPS) is 11.7. The minimum Gasteiger partial charge on any atom is -0.488 e. The van der Waals surface area contributed by atoms with Gasteiger partial charge in [0.1, 0.15) is 29.1 Å². The lowest BCUT2D eigenvalue weighted by molar-refractivity contribution is 0.299. The van der Waals surface area contributed by atoms with E-state index in [0.717, 1.165) is 0 Å². The number of sulfone groups is 1. The number of rotatable bonds is 6. The predicted octanol–water partition coefficient (Wildman–Crippen LogP) is 5.40. The summed E-state index contributed by atoms with van der Waals surface area (Å²) in [5.41, 5.74) is 0.749. The summed E-state index contributed by atoms with van der Waals surface area (Å²) in [4.78, 5) is -0.485. The van der Waals surface area contributed by atoms with E-state index in [1.165, 1.54) is 36.4 Å². The van der Waals surface area contributed by atoms with Crippen LogP contribution < -0.4 is 4.74 Å². The van der Waals surface area contributed by atoms with Gasteiger partial charge in [-0.05, 0) is 42.5 Å². The lowest BCUT2D eigenvalue weighted by Gasteiger charge is -2.10. The molecule has 146 valence electrons. The molecule has 0 aliphatic heterocycles. The fourth-order valence-corrected chi connectivity index (χ4v) is 3.83. The number of nitrogens with zero attached hydrogens (tertiary/aromatic N) is 1. The van der Waals surface area contributed by atoms with E-state index in [4.69, 9.17) is 16.3 Å². The highest BCUT2D eigenvalue weighted by atomic mass is 35.5. The fourth-order valence-electron chi connectivity index (χ4n) is 2.55. The van der Waals surface area contributed by atoms with Gasteiger partial charge in [0.25, 0.3) is 0 Å². The summed E-state index contributed by atoms with van der Waals surface area (Å²) in [6, 6.07) is 20.1. The molecule has 0 aromatic heterocycles. The van der Waals surface area contributed by atoms with Crippen molar-refractivity contribution < 1.29 is 17.5 Å². The van der Waals surface area contributed by atoms with Crippen LogP contribution in [0.1, 0.15) is 11.1 Å². The van der Waals surface area contributed by atoms with Gasteiger partial charge >= 0.3 is 0 Å². The third-order valence-corrected chi connectivity index (χ3v) is 6.00. The van der Waals surface area contributed by atoms with Gasteiger partial charge in [-0.2, -0.15) is 5.26 Å². The van der Waals surface area contributed by atoms with Gasteiger partial charge in [0.2, 0.25) is 9.84 Å². The van der Waals surface area contributed by atoms with E-state index < -0.39 is 20.6 Å². The quantitative estimate of drug-likeness (QED) is 0.494. The first-order chi connectivity index (χ1) is 13.9. The van der Waals surface area contributed by atoms with E-state index in [-0.39, 0.29) is 11.5 Å². The molecule has 29 heavy (non-hydrogen) atoms. The molecule has 0 aliphatic carbocycles. The molecular weight excluding hydrogens is 413 g/mol. The molecule has 4 nitrogen and oxygen atoms in total. The maximum Gasteiger partial charge on any atom is 0.216 e. The number of halogens is 2. The van der Waals surface area contributed by atoms with Crippen LogP contribution in [-0.4, -0.2) is 8.42 Å². The molecule has 0 unspecified atom stereocenters. The monoisotopic (exact) mass is 427 g/mol. The summed E-state index contributed by atoms with van der Waals surface area (Å²) >= 11 is 5.80. The lowest BCUT2D eigenvalue weighted by Crippen LogP contribution is -2.04. The molecule has 0 heterocycles. The smallest absolute Gasteiger partial charge is 0.216 e. The number of hydrogen-bond donors (Lipinski definition) is 0. The summed E-state index contributed by atoms with van der Waals surface area (Å²) in [7, 11) is -4.03. The van der Waals surface area contributed by atoms with Crippen LogP contribution in [-0.2, 0) is 16.4 Å². The summed E-state index contributed by atoms with van der Waals surface area (Å²) in [6.07, 6.45) is 1.24. The maximum atomic E-state index is 13.8. The third kappa shape index (κ3) is 4.83. The Hall–Kier alpha value is -3.14. The largest absolute Gasteiger partial charge is 0.488 e. The number of allylic oxidation sites excluding steroid dienone is 1. The van der Waals surface area contributed by atoms with E-state index in [1.807, 2.05) is 0 Å². The number of hydrogen-bond acceptors (Lipinski definition) is 4. The molecule has 0 saturated heterocycles. The Morgan fingerprint density at radius 2 is 1.69 bits per heavy atom. The van der Waals surface area contributed by atoms with Crippen LogP contribution in [0.15, 0.2) is 82.6 Å². The van der Waals surface area contributed by atoms with E-state index in [2.05, 4.69) is 0 Å². The predicted molar refractivity (Wildman–Crippen MR) is 109 cm³/mol. The van der Waals surface area contributed by atoms with Gasteiger partial charge in [0.05, 0.1) is 4.90 Å². The molecule has 0 saturated carbocycles. The van der Waals surface area contributed by atoms with E-state index in [1.54, 1.807) is 48.5 Å². The fraction of sp³-hybridized carbons (Fsp3) is 0.0455. The van der Waals surface area contributed by atoms with Gasteiger partial charge in [-0.1, -0.05) is 48.0 Å². The van der Waals surface area contributed by atoms with Gasteiger partial charge in [0, 0.05) is 16.1 Å². The van der Waals surface area contributed by atoms with Gasteiger partial charge in [-0.15, -0.1) is 0 Å². The topological polar surface area (TPSA) is 67.2 Å². The van der Waals surface area contributed by atoms with E-state index in [0.29, 0.717) is 21.9 Å². The minimum atomic E-state index is -4.03. The molecule has 7 heteroatoms. The number of benzene rings is 3. The molecule has 0 radical (unpaired) electrons. The van der Waals surface area contributed by atoms with Crippen molar-refractivity contribution in [3.05, 3.63) is 99.7 Å². The van der Waals surface area contributed by atoms with Crippen molar-refractivity contribution in [2.75, 3.05) is 0 Å². The second-order valence-electron chi connectivity index (χ2n) is 6.00. The summed E-state index contributed by atoms with van der Waals surface area (Å²) in [6.45, 7) is -0.0383. The summed E-state index contributed by atoms with van der Waals surface area (Å²) < 4.78 is 45.1. The Morgan fingerprint density at radius 1 is 1.03 bits per heavy atom. The van der Waals surface area contributed by atoms with Crippen molar-refractivity contribution >= 4 is 27.5 Å². The van der Waals surface area contributed by atoms with Gasteiger partial charge in [-0.25, -0.2) is 12.8 Å². The second kappa shape index (κ2) is 8.91. The molecule has 0 bridgehead atoms. The Kier molecular flexibility index (Phi) is 6.32. The SMILES string of the molecule is N#CC(=Cc1ccccc1OCc1ccccc1F)S(=O)(=O)c1ccc(Cl)cc1. The number of para-hydroxylation sites is 1. The standard InChI is InChI=1S/C22H15ClFNO3S/c23-18-9-11-19(12-10-18)29(26,27)20(14-25)13-16-5-2-4-8-22(16)28-15-17-6-1-3-7-21(17)24/h1-13H,15H2.